The van der Waals surface area contributed by atoms with E-state index in [0.717, 1.165) is 22.8 Å². The van der Waals surface area contributed by atoms with Crippen LogP contribution in [-0.2, 0) is 13.0 Å². The summed E-state index contributed by atoms with van der Waals surface area (Å²) in [4.78, 5) is 4.27. The zero-order chi connectivity index (χ0) is 11.5. The number of aryl methyl sites for hydroxylation is 1. The van der Waals surface area contributed by atoms with E-state index in [1.165, 1.54) is 0 Å². The van der Waals surface area contributed by atoms with Gasteiger partial charge in [-0.1, -0.05) is 30.1 Å². The number of aromatic nitrogens is 2. The summed E-state index contributed by atoms with van der Waals surface area (Å²) in [7, 11) is 0. The first-order chi connectivity index (χ1) is 7.70. The van der Waals surface area contributed by atoms with Gasteiger partial charge in [0.1, 0.15) is 5.82 Å². The van der Waals surface area contributed by atoms with Gasteiger partial charge in [0.05, 0.1) is 6.54 Å². The number of hydrogen-bond donors (Lipinski definition) is 0. The third-order valence-corrected chi connectivity index (χ3v) is 3.07. The second-order valence-electron chi connectivity index (χ2n) is 3.56. The molecule has 0 spiro atoms. The summed E-state index contributed by atoms with van der Waals surface area (Å²) < 4.78 is 2.08. The van der Waals surface area contributed by atoms with E-state index in [1.807, 2.05) is 18.3 Å². The van der Waals surface area contributed by atoms with Crippen LogP contribution < -0.4 is 0 Å². The lowest BCUT2D eigenvalue weighted by Crippen LogP contribution is -2.03. The molecule has 0 aliphatic heterocycles. The Bertz CT molecular complexity index is 492. The molecule has 0 saturated carbocycles. The Labute approximate surface area is 105 Å². The van der Waals surface area contributed by atoms with Crippen molar-refractivity contribution in [2.75, 3.05) is 0 Å². The van der Waals surface area contributed by atoms with Gasteiger partial charge in [0, 0.05) is 28.9 Å². The van der Waals surface area contributed by atoms with Gasteiger partial charge in [-0.15, -0.1) is 0 Å². The molecule has 0 amide bonds. The van der Waals surface area contributed by atoms with E-state index in [1.54, 1.807) is 12.3 Å². The van der Waals surface area contributed by atoms with Crippen molar-refractivity contribution in [1.82, 2.24) is 9.55 Å². The first kappa shape index (κ1) is 11.5. The molecule has 0 bridgehead atoms. The minimum Gasteiger partial charge on any atom is -0.330 e. The Hall–Kier alpha value is -0.990. The summed E-state index contributed by atoms with van der Waals surface area (Å²) in [6, 6.07) is 5.51. The molecule has 0 saturated heterocycles. The summed E-state index contributed by atoms with van der Waals surface area (Å²) in [5, 5.41) is 1.44. The third kappa shape index (κ3) is 2.39. The minimum atomic E-state index is 0.706. The molecule has 84 valence electrons. The fourth-order valence-corrected chi connectivity index (χ4v) is 2.02. The van der Waals surface area contributed by atoms with E-state index in [-0.39, 0.29) is 0 Å². The normalized spacial score (nSPS) is 10.7. The predicted molar refractivity (Wildman–Crippen MR) is 67.2 cm³/mol. The largest absolute Gasteiger partial charge is 0.330 e. The highest BCUT2D eigenvalue weighted by Crippen LogP contribution is 2.21. The van der Waals surface area contributed by atoms with Gasteiger partial charge in [0.15, 0.2) is 0 Å². The number of benzene rings is 1. The van der Waals surface area contributed by atoms with Crippen molar-refractivity contribution >= 4 is 23.2 Å². The second-order valence-corrected chi connectivity index (χ2v) is 4.40. The maximum Gasteiger partial charge on any atom is 0.108 e. The first-order valence-electron chi connectivity index (χ1n) is 5.14. The quantitative estimate of drug-likeness (QED) is 0.815. The highest BCUT2D eigenvalue weighted by atomic mass is 35.5. The Kier molecular flexibility index (Phi) is 3.52. The highest BCUT2D eigenvalue weighted by molar-refractivity contribution is 6.33. The maximum absolute atomic E-state index is 6.12. The molecule has 2 aromatic rings. The van der Waals surface area contributed by atoms with Crippen LogP contribution >= 0.6 is 23.2 Å². The average molecular weight is 255 g/mol. The average Bonchev–Trinajstić information content (AvgIpc) is 2.71. The van der Waals surface area contributed by atoms with Crippen molar-refractivity contribution in [1.29, 1.82) is 0 Å². The molecule has 0 aliphatic rings. The van der Waals surface area contributed by atoms with Gasteiger partial charge in [0.25, 0.3) is 0 Å². The van der Waals surface area contributed by atoms with Gasteiger partial charge >= 0.3 is 0 Å². The van der Waals surface area contributed by atoms with Crippen molar-refractivity contribution < 1.29 is 0 Å². The number of halogens is 2. The van der Waals surface area contributed by atoms with Gasteiger partial charge in [-0.3, -0.25) is 0 Å². The summed E-state index contributed by atoms with van der Waals surface area (Å²) in [6.07, 6.45) is 4.67. The fourth-order valence-electron chi connectivity index (χ4n) is 1.65. The molecule has 0 atom stereocenters. The second kappa shape index (κ2) is 4.89. The van der Waals surface area contributed by atoms with Crippen LogP contribution in [0.3, 0.4) is 0 Å². The Balaban J connectivity index is 2.30. The minimum absolute atomic E-state index is 0.706. The number of imidazole rings is 1. The van der Waals surface area contributed by atoms with Crippen LogP contribution in [0, 0.1) is 0 Å². The van der Waals surface area contributed by atoms with Crippen LogP contribution in [0.25, 0.3) is 0 Å². The van der Waals surface area contributed by atoms with Crippen molar-refractivity contribution in [3.05, 3.63) is 52.0 Å². The van der Waals surface area contributed by atoms with E-state index in [9.17, 15) is 0 Å². The standard InChI is InChI=1S/C12H12Cl2N2/c1-2-12-15-5-6-16(12)8-9-7-10(13)3-4-11(9)14/h3-7H,2,8H2,1H3. The zero-order valence-corrected chi connectivity index (χ0v) is 10.5. The molecule has 0 radical (unpaired) electrons. The zero-order valence-electron chi connectivity index (χ0n) is 8.95. The van der Waals surface area contributed by atoms with Crippen LogP contribution in [0.1, 0.15) is 18.3 Å². The topological polar surface area (TPSA) is 17.8 Å². The summed E-state index contributed by atoms with van der Waals surface area (Å²) >= 11 is 12.1. The molecule has 1 aromatic carbocycles. The lowest BCUT2D eigenvalue weighted by Gasteiger charge is -2.08. The summed E-state index contributed by atoms with van der Waals surface area (Å²) in [5.74, 6) is 1.05. The summed E-state index contributed by atoms with van der Waals surface area (Å²) in [5.41, 5.74) is 1.02. The number of hydrogen-bond acceptors (Lipinski definition) is 1. The molecule has 0 aliphatic carbocycles. The number of rotatable bonds is 3. The van der Waals surface area contributed by atoms with Crippen molar-refractivity contribution in [2.24, 2.45) is 0 Å². The molecular formula is C12H12Cl2N2. The highest BCUT2D eigenvalue weighted by Gasteiger charge is 2.05. The maximum atomic E-state index is 6.12. The molecule has 1 aromatic heterocycles. The van der Waals surface area contributed by atoms with Crippen molar-refractivity contribution in [3.8, 4) is 0 Å². The van der Waals surface area contributed by atoms with Crippen molar-refractivity contribution in [2.45, 2.75) is 19.9 Å². The van der Waals surface area contributed by atoms with Crippen molar-refractivity contribution in [3.63, 3.8) is 0 Å². The molecule has 4 heteroatoms. The monoisotopic (exact) mass is 254 g/mol. The molecule has 0 N–H and O–H groups in total. The molecular weight excluding hydrogens is 243 g/mol. The van der Waals surface area contributed by atoms with Crippen LogP contribution in [0.2, 0.25) is 10.0 Å². The number of nitrogens with zero attached hydrogens (tertiary/aromatic N) is 2. The Morgan fingerprint density at radius 1 is 1.31 bits per heavy atom. The van der Waals surface area contributed by atoms with Gasteiger partial charge in [-0.2, -0.15) is 0 Å². The van der Waals surface area contributed by atoms with Gasteiger partial charge < -0.3 is 4.57 Å². The molecule has 1 heterocycles. The van der Waals surface area contributed by atoms with E-state index in [4.69, 9.17) is 23.2 Å². The van der Waals surface area contributed by atoms with Crippen LogP contribution in [0.5, 0.6) is 0 Å². The van der Waals surface area contributed by atoms with E-state index >= 15 is 0 Å². The first-order valence-corrected chi connectivity index (χ1v) is 5.90. The van der Waals surface area contributed by atoms with Crippen LogP contribution in [-0.4, -0.2) is 9.55 Å². The molecule has 16 heavy (non-hydrogen) atoms. The molecule has 0 unspecified atom stereocenters. The van der Waals surface area contributed by atoms with E-state index in [0.29, 0.717) is 11.6 Å². The molecule has 2 rings (SSSR count). The van der Waals surface area contributed by atoms with Gasteiger partial charge in [0.2, 0.25) is 0 Å². The summed E-state index contributed by atoms with van der Waals surface area (Å²) in [6.45, 7) is 2.79. The molecule has 2 nitrogen and oxygen atoms in total. The van der Waals surface area contributed by atoms with Crippen LogP contribution in [0.15, 0.2) is 30.6 Å². The smallest absolute Gasteiger partial charge is 0.108 e. The SMILES string of the molecule is CCc1nccn1Cc1cc(Cl)ccc1Cl. The van der Waals surface area contributed by atoms with E-state index in [2.05, 4.69) is 16.5 Å². The fraction of sp³-hybridized carbons (Fsp3) is 0.250. The lowest BCUT2D eigenvalue weighted by molar-refractivity contribution is 0.732. The Morgan fingerprint density at radius 3 is 2.88 bits per heavy atom. The van der Waals surface area contributed by atoms with Gasteiger partial charge in [-0.25, -0.2) is 4.98 Å². The lowest BCUT2D eigenvalue weighted by atomic mass is 10.2. The predicted octanol–water partition coefficient (Wildman–Crippen LogP) is 3.80. The third-order valence-electron chi connectivity index (χ3n) is 2.47. The van der Waals surface area contributed by atoms with Gasteiger partial charge in [-0.05, 0) is 23.8 Å². The van der Waals surface area contributed by atoms with Crippen LogP contribution in [0.4, 0.5) is 0 Å². The van der Waals surface area contributed by atoms with E-state index < -0.39 is 0 Å². The Morgan fingerprint density at radius 2 is 2.12 bits per heavy atom. The molecule has 0 fully saturated rings.